The third kappa shape index (κ3) is 5.36. The molecule has 6 nitrogen and oxygen atoms in total. The lowest BCUT2D eigenvalue weighted by Crippen LogP contribution is -2.28. The summed E-state index contributed by atoms with van der Waals surface area (Å²) in [4.78, 5) is 29.1. The van der Waals surface area contributed by atoms with Crippen LogP contribution in [0.5, 0.6) is 5.75 Å². The average Bonchev–Trinajstić information content (AvgIpc) is 2.99. The van der Waals surface area contributed by atoms with Crippen LogP contribution in [-0.4, -0.2) is 28.8 Å². The van der Waals surface area contributed by atoms with Crippen molar-refractivity contribution in [3.05, 3.63) is 54.1 Å². The summed E-state index contributed by atoms with van der Waals surface area (Å²) in [5.74, 6) is 0.182. The molecule has 0 saturated carbocycles. The fourth-order valence-corrected chi connectivity index (χ4v) is 3.67. The number of hydrogen-bond donors (Lipinski definition) is 2. The van der Waals surface area contributed by atoms with E-state index in [4.69, 9.17) is 4.74 Å². The fraction of sp³-hybridized carbons (Fsp3) is 0.286. The molecule has 2 amide bonds. The van der Waals surface area contributed by atoms with Gasteiger partial charge in [0.25, 0.3) is 0 Å². The molecule has 1 aliphatic rings. The molecule has 1 atom stereocenters. The molecule has 2 aromatic carbocycles. The highest BCUT2D eigenvalue weighted by Crippen LogP contribution is 2.28. The van der Waals surface area contributed by atoms with E-state index >= 15 is 0 Å². The van der Waals surface area contributed by atoms with Crippen LogP contribution in [0.2, 0.25) is 0 Å². The molecule has 0 bridgehead atoms. The first-order valence-electron chi connectivity index (χ1n) is 9.19. The van der Waals surface area contributed by atoms with Gasteiger partial charge in [-0.1, -0.05) is 43.0 Å². The Bertz CT molecular complexity index is 898. The van der Waals surface area contributed by atoms with Gasteiger partial charge in [-0.15, -0.1) is 0 Å². The highest BCUT2D eigenvalue weighted by molar-refractivity contribution is 8.15. The lowest BCUT2D eigenvalue weighted by molar-refractivity contribution is -0.122. The number of carbonyl (C=O) groups is 2. The number of anilines is 1. The standard InChI is InChI=1S/C21H23N3O3S/c1-3-11-27-17-10-5-4-9-16(17)23-19(25)13-18-20(26)24-21(28-18)22-15-8-6-7-14(2)12-15/h4-10,12,18H,3,11,13H2,1-2H3,(H,23,25)(H,22,24,26)/t18-/m0/s1. The van der Waals surface area contributed by atoms with Gasteiger partial charge >= 0.3 is 0 Å². The van der Waals surface area contributed by atoms with Gasteiger partial charge in [-0.2, -0.15) is 0 Å². The summed E-state index contributed by atoms with van der Waals surface area (Å²) in [6, 6.07) is 15.0. The number of aryl methyl sites for hydroxylation is 1. The number of nitrogens with one attached hydrogen (secondary N) is 2. The van der Waals surface area contributed by atoms with E-state index in [0.717, 1.165) is 17.7 Å². The quantitative estimate of drug-likeness (QED) is 0.739. The van der Waals surface area contributed by atoms with Gasteiger partial charge in [0.1, 0.15) is 11.0 Å². The van der Waals surface area contributed by atoms with Crippen LogP contribution < -0.4 is 15.4 Å². The van der Waals surface area contributed by atoms with E-state index in [2.05, 4.69) is 15.6 Å². The Morgan fingerprint density at radius 2 is 2.07 bits per heavy atom. The van der Waals surface area contributed by atoms with Crippen LogP contribution in [-0.2, 0) is 9.59 Å². The number of amidine groups is 1. The van der Waals surface area contributed by atoms with Crippen LogP contribution in [0, 0.1) is 6.92 Å². The molecule has 0 spiro atoms. The Morgan fingerprint density at radius 3 is 2.86 bits per heavy atom. The van der Waals surface area contributed by atoms with E-state index in [0.29, 0.717) is 23.2 Å². The number of amides is 2. The zero-order valence-electron chi connectivity index (χ0n) is 15.9. The van der Waals surface area contributed by atoms with E-state index in [-0.39, 0.29) is 18.2 Å². The Morgan fingerprint density at radius 1 is 1.25 bits per heavy atom. The van der Waals surface area contributed by atoms with Crippen LogP contribution in [0.4, 0.5) is 11.4 Å². The minimum Gasteiger partial charge on any atom is -0.491 e. The first-order valence-corrected chi connectivity index (χ1v) is 10.1. The molecular formula is C21H23N3O3S. The summed E-state index contributed by atoms with van der Waals surface area (Å²) in [7, 11) is 0. The topological polar surface area (TPSA) is 79.8 Å². The number of para-hydroxylation sites is 2. The second kappa shape index (κ2) is 9.41. The molecule has 1 saturated heterocycles. The highest BCUT2D eigenvalue weighted by Gasteiger charge is 2.32. The molecule has 0 unspecified atom stereocenters. The molecule has 1 fully saturated rings. The van der Waals surface area contributed by atoms with E-state index in [1.165, 1.54) is 11.8 Å². The van der Waals surface area contributed by atoms with Crippen molar-refractivity contribution in [2.45, 2.75) is 31.9 Å². The summed E-state index contributed by atoms with van der Waals surface area (Å²) in [5, 5.41) is 5.60. The van der Waals surface area contributed by atoms with Gasteiger partial charge < -0.3 is 15.4 Å². The monoisotopic (exact) mass is 397 g/mol. The minimum absolute atomic E-state index is 0.0610. The van der Waals surface area contributed by atoms with Crippen molar-refractivity contribution in [2.75, 3.05) is 11.9 Å². The van der Waals surface area contributed by atoms with Gasteiger partial charge in [-0.25, -0.2) is 4.99 Å². The molecule has 1 aliphatic heterocycles. The number of thioether (sulfide) groups is 1. The molecule has 3 rings (SSSR count). The van der Waals surface area contributed by atoms with Gasteiger partial charge in [0.05, 0.1) is 18.0 Å². The molecule has 1 heterocycles. The lowest BCUT2D eigenvalue weighted by atomic mass is 10.2. The number of carbonyl (C=O) groups excluding carboxylic acids is 2. The SMILES string of the molecule is CCCOc1ccccc1NC(=O)C[C@@H]1SC(=Nc2cccc(C)c2)NC1=O. The zero-order valence-corrected chi connectivity index (χ0v) is 16.7. The maximum absolute atomic E-state index is 12.4. The molecule has 0 aliphatic carbocycles. The largest absolute Gasteiger partial charge is 0.491 e. The predicted octanol–water partition coefficient (Wildman–Crippen LogP) is 4.03. The zero-order chi connectivity index (χ0) is 19.9. The van der Waals surface area contributed by atoms with Gasteiger partial charge in [-0.3, -0.25) is 9.59 Å². The Kier molecular flexibility index (Phi) is 6.71. The number of aliphatic imine (C=N–C) groups is 1. The summed E-state index contributed by atoms with van der Waals surface area (Å²) < 4.78 is 5.65. The molecular weight excluding hydrogens is 374 g/mol. The van der Waals surface area contributed by atoms with Crippen molar-refractivity contribution < 1.29 is 14.3 Å². The molecule has 0 aromatic heterocycles. The number of nitrogens with zero attached hydrogens (tertiary/aromatic N) is 1. The van der Waals surface area contributed by atoms with Gasteiger partial charge in [0, 0.05) is 6.42 Å². The predicted molar refractivity (Wildman–Crippen MR) is 113 cm³/mol. The maximum atomic E-state index is 12.4. The van der Waals surface area contributed by atoms with E-state index in [1.807, 2.05) is 56.3 Å². The summed E-state index contributed by atoms with van der Waals surface area (Å²) in [6.45, 7) is 4.58. The Balaban J connectivity index is 1.61. The van der Waals surface area contributed by atoms with Crippen LogP contribution in [0.25, 0.3) is 0 Å². The first kappa shape index (κ1) is 19.9. The second-order valence-electron chi connectivity index (χ2n) is 6.45. The van der Waals surface area contributed by atoms with Crippen molar-refractivity contribution >= 4 is 40.1 Å². The fourth-order valence-electron chi connectivity index (χ4n) is 2.68. The van der Waals surface area contributed by atoms with Crippen molar-refractivity contribution in [1.82, 2.24) is 5.32 Å². The van der Waals surface area contributed by atoms with Crippen molar-refractivity contribution in [3.8, 4) is 5.75 Å². The van der Waals surface area contributed by atoms with Crippen LogP contribution >= 0.6 is 11.8 Å². The first-order chi connectivity index (χ1) is 13.5. The van der Waals surface area contributed by atoms with Gasteiger partial charge in [0.15, 0.2) is 5.17 Å². The van der Waals surface area contributed by atoms with E-state index in [1.54, 1.807) is 6.07 Å². The highest BCUT2D eigenvalue weighted by atomic mass is 32.2. The molecule has 7 heteroatoms. The van der Waals surface area contributed by atoms with Gasteiger partial charge in [-0.05, 0) is 43.2 Å². The van der Waals surface area contributed by atoms with Crippen molar-refractivity contribution in [3.63, 3.8) is 0 Å². The van der Waals surface area contributed by atoms with E-state index in [9.17, 15) is 9.59 Å². The summed E-state index contributed by atoms with van der Waals surface area (Å²) in [6.07, 6.45) is 0.940. The third-order valence-electron chi connectivity index (χ3n) is 4.00. The van der Waals surface area contributed by atoms with Crippen LogP contribution in [0.3, 0.4) is 0 Å². The molecule has 0 radical (unpaired) electrons. The maximum Gasteiger partial charge on any atom is 0.240 e. The average molecular weight is 398 g/mol. The molecule has 28 heavy (non-hydrogen) atoms. The number of benzene rings is 2. The Hall–Kier alpha value is -2.80. The summed E-state index contributed by atoms with van der Waals surface area (Å²) in [5.41, 5.74) is 2.48. The summed E-state index contributed by atoms with van der Waals surface area (Å²) >= 11 is 1.27. The number of hydrogen-bond acceptors (Lipinski definition) is 5. The lowest BCUT2D eigenvalue weighted by Gasteiger charge is -2.12. The molecule has 146 valence electrons. The van der Waals surface area contributed by atoms with Crippen molar-refractivity contribution in [1.29, 1.82) is 0 Å². The minimum atomic E-state index is -0.507. The van der Waals surface area contributed by atoms with Crippen LogP contribution in [0.1, 0.15) is 25.3 Å². The Labute approximate surface area is 168 Å². The second-order valence-corrected chi connectivity index (χ2v) is 7.64. The van der Waals surface area contributed by atoms with E-state index < -0.39 is 5.25 Å². The van der Waals surface area contributed by atoms with Crippen molar-refractivity contribution in [2.24, 2.45) is 4.99 Å². The normalized spacial score (nSPS) is 17.4. The number of ether oxygens (including phenoxy) is 1. The molecule has 2 aromatic rings. The third-order valence-corrected chi connectivity index (χ3v) is 5.08. The van der Waals surface area contributed by atoms with Crippen LogP contribution in [0.15, 0.2) is 53.5 Å². The van der Waals surface area contributed by atoms with Gasteiger partial charge in [0.2, 0.25) is 11.8 Å². The smallest absolute Gasteiger partial charge is 0.240 e. The molecule has 2 N–H and O–H groups in total. The number of rotatable bonds is 7.